The molecule has 0 spiro atoms. The van der Waals surface area contributed by atoms with E-state index in [1.165, 1.54) is 43.4 Å². The Morgan fingerprint density at radius 2 is 1.74 bits per heavy atom. The number of ketones is 1. The SMILES string of the molecule is COC(=O)c1ccc(C2/C(=C(\O)c3cc(F)ccc3OC)C(=O)C(=O)N2CCN2CCCC2)cc1. The maximum Gasteiger partial charge on any atom is 0.337 e. The molecule has 1 amide bonds. The Balaban J connectivity index is 1.81. The molecule has 2 aromatic carbocycles. The fourth-order valence-corrected chi connectivity index (χ4v) is 4.64. The summed E-state index contributed by atoms with van der Waals surface area (Å²) in [5.41, 5.74) is 0.639. The number of ether oxygens (including phenoxy) is 2. The van der Waals surface area contributed by atoms with E-state index in [1.54, 1.807) is 12.1 Å². The first kappa shape index (κ1) is 24.4. The van der Waals surface area contributed by atoms with Gasteiger partial charge in [-0.05, 0) is 61.8 Å². The number of esters is 1. The molecule has 0 radical (unpaired) electrons. The summed E-state index contributed by atoms with van der Waals surface area (Å²) >= 11 is 0. The molecule has 0 saturated carbocycles. The minimum Gasteiger partial charge on any atom is -0.507 e. The lowest BCUT2D eigenvalue weighted by Crippen LogP contribution is -2.37. The molecule has 1 N–H and O–H groups in total. The molecule has 0 bridgehead atoms. The minimum absolute atomic E-state index is 0.0266. The van der Waals surface area contributed by atoms with Gasteiger partial charge in [0.15, 0.2) is 0 Å². The zero-order chi connectivity index (χ0) is 25.1. The number of hydrogen-bond acceptors (Lipinski definition) is 7. The lowest BCUT2D eigenvalue weighted by atomic mass is 9.94. The number of aliphatic hydroxyl groups excluding tert-OH is 1. The molecule has 2 saturated heterocycles. The highest BCUT2D eigenvalue weighted by molar-refractivity contribution is 6.46. The number of halogens is 1. The highest BCUT2D eigenvalue weighted by atomic mass is 19.1. The first-order chi connectivity index (χ1) is 16.8. The number of benzene rings is 2. The molecule has 1 atom stereocenters. The fraction of sp³-hybridized carbons (Fsp3) is 0.346. The Morgan fingerprint density at radius 3 is 2.37 bits per heavy atom. The van der Waals surface area contributed by atoms with E-state index in [4.69, 9.17) is 9.47 Å². The van der Waals surface area contributed by atoms with Crippen molar-refractivity contribution in [3.05, 3.63) is 70.5 Å². The summed E-state index contributed by atoms with van der Waals surface area (Å²) < 4.78 is 24.0. The lowest BCUT2D eigenvalue weighted by Gasteiger charge is -2.27. The Morgan fingerprint density at radius 1 is 1.06 bits per heavy atom. The molecule has 184 valence electrons. The summed E-state index contributed by atoms with van der Waals surface area (Å²) in [6, 6.07) is 8.94. The van der Waals surface area contributed by atoms with Gasteiger partial charge in [-0.2, -0.15) is 0 Å². The summed E-state index contributed by atoms with van der Waals surface area (Å²) in [5, 5.41) is 11.2. The van der Waals surface area contributed by atoms with Crippen LogP contribution in [0.2, 0.25) is 0 Å². The van der Waals surface area contributed by atoms with E-state index in [2.05, 4.69) is 4.90 Å². The second kappa shape index (κ2) is 10.3. The summed E-state index contributed by atoms with van der Waals surface area (Å²) in [6.07, 6.45) is 2.16. The molecule has 2 aliphatic heterocycles. The van der Waals surface area contributed by atoms with Gasteiger partial charge in [-0.3, -0.25) is 9.59 Å². The van der Waals surface area contributed by atoms with Crippen molar-refractivity contribution >= 4 is 23.4 Å². The van der Waals surface area contributed by atoms with Crippen LogP contribution in [0.3, 0.4) is 0 Å². The Bertz CT molecular complexity index is 1170. The van der Waals surface area contributed by atoms with E-state index in [9.17, 15) is 23.9 Å². The van der Waals surface area contributed by atoms with Crippen LogP contribution in [0.15, 0.2) is 48.0 Å². The van der Waals surface area contributed by atoms with Crippen LogP contribution < -0.4 is 4.74 Å². The van der Waals surface area contributed by atoms with Gasteiger partial charge in [0.25, 0.3) is 11.7 Å². The molecular weight excluding hydrogens is 455 g/mol. The fourth-order valence-electron chi connectivity index (χ4n) is 4.64. The van der Waals surface area contributed by atoms with Crippen molar-refractivity contribution in [3.63, 3.8) is 0 Å². The quantitative estimate of drug-likeness (QED) is 0.280. The van der Waals surface area contributed by atoms with Crippen molar-refractivity contribution in [1.82, 2.24) is 9.80 Å². The molecule has 8 nitrogen and oxygen atoms in total. The third-order valence-electron chi connectivity index (χ3n) is 6.46. The van der Waals surface area contributed by atoms with E-state index >= 15 is 0 Å². The molecule has 0 aliphatic carbocycles. The third kappa shape index (κ3) is 4.77. The summed E-state index contributed by atoms with van der Waals surface area (Å²) in [6.45, 7) is 2.68. The second-order valence-electron chi connectivity index (χ2n) is 8.50. The van der Waals surface area contributed by atoms with Gasteiger partial charge in [-0.15, -0.1) is 0 Å². The Kier molecular flexibility index (Phi) is 7.16. The van der Waals surface area contributed by atoms with Gasteiger partial charge < -0.3 is 24.4 Å². The summed E-state index contributed by atoms with van der Waals surface area (Å²) in [5.74, 6) is -3.13. The Hall–Kier alpha value is -3.72. The van der Waals surface area contributed by atoms with Crippen LogP contribution in [-0.2, 0) is 14.3 Å². The number of amides is 1. The maximum atomic E-state index is 14.0. The van der Waals surface area contributed by atoms with Gasteiger partial charge in [0.2, 0.25) is 0 Å². The monoisotopic (exact) mass is 482 g/mol. The number of methoxy groups -OCH3 is 2. The molecule has 1 unspecified atom stereocenters. The van der Waals surface area contributed by atoms with Gasteiger partial charge in [0, 0.05) is 13.1 Å². The largest absolute Gasteiger partial charge is 0.507 e. The molecule has 35 heavy (non-hydrogen) atoms. The van der Waals surface area contributed by atoms with Crippen LogP contribution in [0.1, 0.15) is 40.4 Å². The van der Waals surface area contributed by atoms with Gasteiger partial charge in [-0.1, -0.05) is 12.1 Å². The van der Waals surface area contributed by atoms with E-state index in [-0.39, 0.29) is 23.4 Å². The molecule has 2 heterocycles. The van der Waals surface area contributed by atoms with E-state index in [1.807, 2.05) is 0 Å². The van der Waals surface area contributed by atoms with Crippen molar-refractivity contribution < 1.29 is 33.4 Å². The van der Waals surface area contributed by atoms with Crippen molar-refractivity contribution in [2.75, 3.05) is 40.4 Å². The van der Waals surface area contributed by atoms with Gasteiger partial charge in [0.1, 0.15) is 17.3 Å². The predicted molar refractivity (Wildman–Crippen MR) is 125 cm³/mol. The molecule has 0 aromatic heterocycles. The van der Waals surface area contributed by atoms with Gasteiger partial charge in [0.05, 0.1) is 37.0 Å². The number of nitrogens with zero attached hydrogens (tertiary/aromatic N) is 2. The molecule has 9 heteroatoms. The number of Topliss-reactive ketones (excluding diaryl/α,β-unsaturated/α-hetero) is 1. The lowest BCUT2D eigenvalue weighted by molar-refractivity contribution is -0.140. The zero-order valence-corrected chi connectivity index (χ0v) is 19.6. The number of rotatable bonds is 7. The predicted octanol–water partition coefficient (Wildman–Crippen LogP) is 3.14. The van der Waals surface area contributed by atoms with E-state index in [0.717, 1.165) is 32.0 Å². The third-order valence-corrected chi connectivity index (χ3v) is 6.46. The molecular formula is C26H27FN2O6. The van der Waals surface area contributed by atoms with Crippen molar-refractivity contribution in [2.45, 2.75) is 18.9 Å². The molecule has 2 aliphatic rings. The van der Waals surface area contributed by atoms with Crippen molar-refractivity contribution in [3.8, 4) is 5.75 Å². The zero-order valence-electron chi connectivity index (χ0n) is 19.6. The maximum absolute atomic E-state index is 14.0. The van der Waals surface area contributed by atoms with E-state index < -0.39 is 35.3 Å². The summed E-state index contributed by atoms with van der Waals surface area (Å²) in [7, 11) is 2.64. The molecule has 4 rings (SSSR count). The Labute approximate surface area is 202 Å². The minimum atomic E-state index is -0.919. The molecule has 2 fully saturated rings. The van der Waals surface area contributed by atoms with Crippen LogP contribution in [0.4, 0.5) is 4.39 Å². The first-order valence-electron chi connectivity index (χ1n) is 11.4. The summed E-state index contributed by atoms with van der Waals surface area (Å²) in [4.78, 5) is 41.8. The van der Waals surface area contributed by atoms with Gasteiger partial charge >= 0.3 is 5.97 Å². The number of carbonyl (C=O) groups is 3. The number of likely N-dealkylation sites (tertiary alicyclic amines) is 2. The van der Waals surface area contributed by atoms with Crippen LogP contribution in [0, 0.1) is 5.82 Å². The normalized spacial score (nSPS) is 19.9. The second-order valence-corrected chi connectivity index (χ2v) is 8.50. The number of carbonyl (C=O) groups excluding carboxylic acids is 3. The van der Waals surface area contributed by atoms with Crippen molar-refractivity contribution in [1.29, 1.82) is 0 Å². The highest BCUT2D eigenvalue weighted by Gasteiger charge is 2.46. The topological polar surface area (TPSA) is 96.4 Å². The van der Waals surface area contributed by atoms with Crippen LogP contribution in [-0.4, -0.2) is 73.0 Å². The van der Waals surface area contributed by atoms with E-state index in [0.29, 0.717) is 17.7 Å². The van der Waals surface area contributed by atoms with Crippen LogP contribution >= 0.6 is 0 Å². The standard InChI is InChI=1S/C26H27FN2O6/c1-34-20-10-9-18(27)15-19(20)23(30)21-22(16-5-7-17(8-6-16)26(33)35-2)29(25(32)24(21)31)14-13-28-11-3-4-12-28/h5-10,15,22,30H,3-4,11-14H2,1-2H3/b23-21+. The number of aliphatic hydroxyl groups is 1. The average Bonchev–Trinajstić information content (AvgIpc) is 3.48. The highest BCUT2D eigenvalue weighted by Crippen LogP contribution is 2.41. The van der Waals surface area contributed by atoms with Crippen LogP contribution in [0.5, 0.6) is 5.75 Å². The number of hydrogen-bond donors (Lipinski definition) is 1. The first-order valence-corrected chi connectivity index (χ1v) is 11.4. The molecule has 2 aromatic rings. The average molecular weight is 483 g/mol. The van der Waals surface area contributed by atoms with Gasteiger partial charge in [-0.25, -0.2) is 9.18 Å². The smallest absolute Gasteiger partial charge is 0.337 e. The van der Waals surface area contributed by atoms with Crippen molar-refractivity contribution in [2.24, 2.45) is 0 Å². The van der Waals surface area contributed by atoms with Crippen LogP contribution in [0.25, 0.3) is 5.76 Å².